The summed E-state index contributed by atoms with van der Waals surface area (Å²) in [5, 5.41) is 28.9. The Morgan fingerprint density at radius 1 is 0.925 bits per heavy atom. The maximum atomic E-state index is 13.4. The maximum absolute atomic E-state index is 13.4. The summed E-state index contributed by atoms with van der Waals surface area (Å²) in [6.45, 7) is 4.16. The number of thiocarbonyl (C=S) groups is 1. The van der Waals surface area contributed by atoms with Gasteiger partial charge in [0.2, 0.25) is 11.8 Å². The van der Waals surface area contributed by atoms with Crippen molar-refractivity contribution >= 4 is 54.3 Å². The van der Waals surface area contributed by atoms with E-state index < -0.39 is 54.8 Å². The molecule has 0 aliphatic carbocycles. The molecule has 0 fully saturated rings. The number of hydrogen-bond acceptors (Lipinski definition) is 11. The van der Waals surface area contributed by atoms with Gasteiger partial charge in [-0.15, -0.1) is 0 Å². The zero-order chi connectivity index (χ0) is 38.8. The molecule has 0 radical (unpaired) electrons. The number of carbonyl (C=O) groups is 4. The van der Waals surface area contributed by atoms with E-state index in [0.29, 0.717) is 53.1 Å². The zero-order valence-electron chi connectivity index (χ0n) is 29.0. The fourth-order valence-electron chi connectivity index (χ4n) is 6.14. The topological polar surface area (TPSA) is 250 Å². The van der Waals surface area contributed by atoms with E-state index >= 15 is 0 Å². The molecule has 18 heteroatoms. The summed E-state index contributed by atoms with van der Waals surface area (Å²) in [5.41, 5.74) is 6.41. The number of nitrogens with zero attached hydrogens (tertiary/aromatic N) is 1. The van der Waals surface area contributed by atoms with Crippen LogP contribution in [-0.4, -0.2) is 78.1 Å². The Morgan fingerprint density at radius 2 is 1.53 bits per heavy atom. The highest BCUT2D eigenvalue weighted by Gasteiger charge is 2.53. The van der Waals surface area contributed by atoms with Crippen molar-refractivity contribution in [2.45, 2.75) is 69.9 Å². The van der Waals surface area contributed by atoms with Gasteiger partial charge in [-0.05, 0) is 82.2 Å². The second-order valence-corrected chi connectivity index (χ2v) is 15.2. The van der Waals surface area contributed by atoms with E-state index in [1.165, 1.54) is 38.1 Å². The predicted molar refractivity (Wildman–Crippen MR) is 195 cm³/mol. The summed E-state index contributed by atoms with van der Waals surface area (Å²) in [4.78, 5) is 71.2. The van der Waals surface area contributed by atoms with E-state index in [2.05, 4.69) is 16.0 Å². The highest BCUT2D eigenvalue weighted by molar-refractivity contribution is 7.80. The SMILES string of the molecule is CC(N(C(=O)CCCCCNC(=S)Nc1ccc2c(c1)C(=O)OC21c2ccc(O)cc2Oc2cc(O)ccc21)C(=O)[C@H](C)NC(=O)[C@H](C)N)P(=O)(O)O. The van der Waals surface area contributed by atoms with Gasteiger partial charge in [0.05, 0.1) is 11.6 Å². The number of imide groups is 1. The largest absolute Gasteiger partial charge is 0.508 e. The number of phenols is 2. The Labute approximate surface area is 309 Å². The van der Waals surface area contributed by atoms with Gasteiger partial charge in [0.15, 0.2) is 10.7 Å². The van der Waals surface area contributed by atoms with E-state index in [9.17, 15) is 43.7 Å². The first-order valence-electron chi connectivity index (χ1n) is 16.7. The molecule has 3 aromatic carbocycles. The number of unbranched alkanes of at least 4 members (excludes halogenated alkanes) is 2. The van der Waals surface area contributed by atoms with Crippen LogP contribution in [0.4, 0.5) is 5.69 Å². The molecule has 0 aromatic heterocycles. The number of amides is 3. The molecule has 5 rings (SSSR count). The molecule has 1 spiro atoms. The minimum absolute atomic E-state index is 0.0522. The van der Waals surface area contributed by atoms with Gasteiger partial charge in [0.1, 0.15) is 34.8 Å². The lowest BCUT2D eigenvalue weighted by molar-refractivity contribution is -0.148. The molecule has 2 aliphatic rings. The van der Waals surface area contributed by atoms with Crippen LogP contribution < -0.4 is 26.4 Å². The van der Waals surface area contributed by atoms with Crippen LogP contribution in [0.3, 0.4) is 0 Å². The first-order chi connectivity index (χ1) is 24.9. The minimum Gasteiger partial charge on any atom is -0.508 e. The van der Waals surface area contributed by atoms with Crippen molar-refractivity contribution in [2.75, 3.05) is 11.9 Å². The monoisotopic (exact) mass is 769 g/mol. The number of ether oxygens (including phenoxy) is 2. The lowest BCUT2D eigenvalue weighted by Crippen LogP contribution is -2.54. The summed E-state index contributed by atoms with van der Waals surface area (Å²) in [6, 6.07) is 11.9. The Bertz CT molecular complexity index is 1970. The molecule has 2 heterocycles. The van der Waals surface area contributed by atoms with Gasteiger partial charge in [-0.3, -0.25) is 23.8 Å². The average molecular weight is 770 g/mol. The number of hydrogen-bond donors (Lipinski definition) is 8. The first-order valence-corrected chi connectivity index (χ1v) is 18.8. The van der Waals surface area contributed by atoms with Crippen molar-refractivity contribution in [1.82, 2.24) is 15.5 Å². The minimum atomic E-state index is -4.88. The smallest absolute Gasteiger partial charge is 0.348 e. The number of esters is 1. The molecule has 9 N–H and O–H groups in total. The molecular formula is C35H40N5O11PS. The fourth-order valence-corrected chi connectivity index (χ4v) is 6.90. The number of phenolic OH excluding ortho intramolecular Hbond substituents is 2. The number of aromatic hydroxyl groups is 2. The summed E-state index contributed by atoms with van der Waals surface area (Å²) in [7, 11) is -4.88. The lowest BCUT2D eigenvalue weighted by atomic mass is 9.77. The van der Waals surface area contributed by atoms with Gasteiger partial charge in [-0.2, -0.15) is 0 Å². The molecule has 0 saturated carbocycles. The van der Waals surface area contributed by atoms with Gasteiger partial charge in [0.25, 0.3) is 5.91 Å². The van der Waals surface area contributed by atoms with Crippen LogP contribution in [0, 0.1) is 0 Å². The van der Waals surface area contributed by atoms with Crippen LogP contribution in [0.15, 0.2) is 54.6 Å². The van der Waals surface area contributed by atoms with Gasteiger partial charge in [0, 0.05) is 47.5 Å². The van der Waals surface area contributed by atoms with Crippen LogP contribution in [-0.2, 0) is 29.3 Å². The van der Waals surface area contributed by atoms with Gasteiger partial charge in [-0.25, -0.2) is 4.79 Å². The second-order valence-electron chi connectivity index (χ2n) is 12.8. The Hall–Kier alpha value is -5.06. The predicted octanol–water partition coefficient (Wildman–Crippen LogP) is 3.24. The van der Waals surface area contributed by atoms with E-state index in [0.717, 1.165) is 6.92 Å². The molecule has 3 aromatic rings. The number of fused-ring (bicyclic) bond motifs is 6. The molecule has 0 bridgehead atoms. The van der Waals surface area contributed by atoms with E-state index in [-0.39, 0.29) is 40.1 Å². The number of rotatable bonds is 12. The Balaban J connectivity index is 1.18. The summed E-state index contributed by atoms with van der Waals surface area (Å²) in [5.74, 6) is -4.33. The van der Waals surface area contributed by atoms with Gasteiger partial charge >= 0.3 is 13.6 Å². The second kappa shape index (κ2) is 15.5. The molecule has 3 amide bonds. The molecule has 282 valence electrons. The van der Waals surface area contributed by atoms with E-state index in [1.807, 2.05) is 0 Å². The summed E-state index contributed by atoms with van der Waals surface area (Å²) >= 11 is 5.44. The molecule has 2 aliphatic heterocycles. The van der Waals surface area contributed by atoms with Crippen molar-refractivity contribution in [1.29, 1.82) is 0 Å². The molecule has 53 heavy (non-hydrogen) atoms. The average Bonchev–Trinajstić information content (AvgIpc) is 3.36. The van der Waals surface area contributed by atoms with Gasteiger partial charge in [-0.1, -0.05) is 12.5 Å². The van der Waals surface area contributed by atoms with Crippen LogP contribution in [0.1, 0.15) is 73.5 Å². The van der Waals surface area contributed by atoms with Crippen molar-refractivity contribution in [3.8, 4) is 23.0 Å². The summed E-state index contributed by atoms with van der Waals surface area (Å²) in [6.07, 6.45) is 1.16. The number of benzene rings is 3. The standard InChI is InChI=1S/C35H40N5O11PS/c1-18(36)31(44)38-19(2)32(45)40(20(3)52(47,48)49)30(43)7-5-4-6-14-37-34(53)39-21-8-11-25-24(15-21)33(46)51-35(25)26-12-9-22(41)16-28(26)50-29-17-23(42)10-13-27(29)35/h8-13,15-20,41-42H,4-7,14,36H2,1-3H3,(H,38,44)(H2,37,39,53)(H2,47,48,49)/t18-,19-,20?/m0/s1. The molecule has 16 nitrogen and oxygen atoms in total. The normalized spacial score (nSPS) is 15.4. The molecule has 3 atom stereocenters. The summed E-state index contributed by atoms with van der Waals surface area (Å²) < 4.78 is 24.0. The molecular weight excluding hydrogens is 729 g/mol. The van der Waals surface area contributed by atoms with Crippen LogP contribution in [0.2, 0.25) is 0 Å². The number of anilines is 1. The molecule has 0 saturated heterocycles. The maximum Gasteiger partial charge on any atom is 0.348 e. The van der Waals surface area contributed by atoms with Crippen LogP contribution >= 0.6 is 19.8 Å². The van der Waals surface area contributed by atoms with E-state index in [4.69, 9.17) is 27.4 Å². The van der Waals surface area contributed by atoms with Crippen LogP contribution in [0.5, 0.6) is 23.0 Å². The lowest BCUT2D eigenvalue weighted by Gasteiger charge is -2.36. The van der Waals surface area contributed by atoms with Crippen molar-refractivity contribution in [3.05, 3.63) is 76.9 Å². The van der Waals surface area contributed by atoms with E-state index in [1.54, 1.807) is 30.3 Å². The number of carbonyl (C=O) groups excluding carboxylic acids is 4. The number of nitrogens with one attached hydrogen (secondary N) is 3. The van der Waals surface area contributed by atoms with Crippen molar-refractivity contribution < 1.29 is 53.2 Å². The third-order valence-corrected chi connectivity index (χ3v) is 10.3. The molecule has 1 unspecified atom stereocenters. The number of nitrogens with two attached hydrogens (primary N) is 1. The third-order valence-electron chi connectivity index (χ3n) is 8.89. The quantitative estimate of drug-likeness (QED) is 0.0570. The highest BCUT2D eigenvalue weighted by Crippen LogP contribution is 2.57. The van der Waals surface area contributed by atoms with Crippen molar-refractivity contribution in [2.24, 2.45) is 5.73 Å². The van der Waals surface area contributed by atoms with Gasteiger partial charge < -0.3 is 51.2 Å². The Morgan fingerprint density at radius 3 is 2.11 bits per heavy atom. The zero-order valence-corrected chi connectivity index (χ0v) is 30.7. The third kappa shape index (κ3) is 8.14. The highest BCUT2D eigenvalue weighted by atomic mass is 32.1. The van der Waals surface area contributed by atoms with Crippen molar-refractivity contribution in [3.63, 3.8) is 0 Å². The fraction of sp³-hybridized carbons (Fsp3) is 0.343. The van der Waals surface area contributed by atoms with Crippen LogP contribution in [0.25, 0.3) is 0 Å². The first kappa shape index (κ1) is 39.2. The Kier molecular flexibility index (Phi) is 11.5.